The van der Waals surface area contributed by atoms with Gasteiger partial charge in [-0.1, -0.05) is 11.6 Å². The minimum Gasteiger partial charge on any atom is -0.507 e. The van der Waals surface area contributed by atoms with Crippen LogP contribution in [0.5, 0.6) is 11.5 Å². The molecule has 190 valence electrons. The van der Waals surface area contributed by atoms with Crippen LogP contribution in [-0.4, -0.2) is 87.3 Å². The van der Waals surface area contributed by atoms with E-state index in [0.717, 1.165) is 5.57 Å². The molecule has 4 atom stereocenters. The molecule has 1 aromatic rings. The largest absolute Gasteiger partial charge is 0.507 e. The Morgan fingerprint density at radius 3 is 2.41 bits per heavy atom. The zero-order valence-corrected chi connectivity index (χ0v) is 19.4. The number of aliphatic hydroxyl groups excluding tert-OH is 5. The lowest BCUT2D eigenvalue weighted by molar-refractivity contribution is -0.156. The molecule has 0 spiro atoms. The third kappa shape index (κ3) is 6.24. The van der Waals surface area contributed by atoms with Crippen LogP contribution in [0.4, 0.5) is 0 Å². The molecule has 0 saturated carbocycles. The van der Waals surface area contributed by atoms with Gasteiger partial charge in [0.1, 0.15) is 54.7 Å². The molecule has 1 aliphatic heterocycles. The van der Waals surface area contributed by atoms with Crippen LogP contribution in [-0.2, 0) is 27.3 Å². The van der Waals surface area contributed by atoms with Crippen molar-refractivity contribution < 1.29 is 54.4 Å². The van der Waals surface area contributed by atoms with Crippen LogP contribution in [0.2, 0.25) is 0 Å². The number of aromatic hydroxyl groups is 1. The number of fused-ring (bicyclic) bond motifs is 1. The van der Waals surface area contributed by atoms with Crippen molar-refractivity contribution in [3.05, 3.63) is 33.9 Å². The Hall–Kier alpha value is -2.70. The van der Waals surface area contributed by atoms with Crippen molar-refractivity contribution in [3.8, 4) is 11.5 Å². The van der Waals surface area contributed by atoms with E-state index in [1.165, 1.54) is 7.11 Å². The van der Waals surface area contributed by atoms with Crippen molar-refractivity contribution in [2.75, 3.05) is 20.3 Å². The van der Waals surface area contributed by atoms with Crippen LogP contribution in [0, 0.1) is 6.92 Å². The van der Waals surface area contributed by atoms with E-state index in [-0.39, 0.29) is 30.8 Å². The van der Waals surface area contributed by atoms with E-state index in [1.54, 1.807) is 19.9 Å². The summed E-state index contributed by atoms with van der Waals surface area (Å²) in [5.74, 6) is -0.982. The summed E-state index contributed by atoms with van der Waals surface area (Å²) in [6, 6.07) is 0. The van der Waals surface area contributed by atoms with Gasteiger partial charge in [-0.2, -0.15) is 0 Å². The summed E-state index contributed by atoms with van der Waals surface area (Å²) in [7, 11) is 1.47. The summed E-state index contributed by atoms with van der Waals surface area (Å²) in [5, 5.41) is 57.8. The van der Waals surface area contributed by atoms with Crippen LogP contribution in [0.3, 0.4) is 0 Å². The van der Waals surface area contributed by atoms with E-state index >= 15 is 0 Å². The summed E-state index contributed by atoms with van der Waals surface area (Å²) < 4.78 is 15.4. The summed E-state index contributed by atoms with van der Waals surface area (Å²) >= 11 is 0. The maximum absolute atomic E-state index is 12.0. The van der Waals surface area contributed by atoms with Gasteiger partial charge in [-0.25, -0.2) is 4.79 Å². The molecule has 2 rings (SSSR count). The first-order chi connectivity index (χ1) is 16.0. The first kappa shape index (κ1) is 27.5. The Kier molecular flexibility index (Phi) is 9.83. The Morgan fingerprint density at radius 2 is 1.79 bits per heavy atom. The number of ether oxygens (including phenoxy) is 3. The number of benzene rings is 1. The number of carbonyl (C=O) groups excluding carboxylic acids is 2. The number of cyclic esters (lactones) is 1. The molecule has 1 aliphatic rings. The molecule has 1 aromatic carbocycles. The highest BCUT2D eigenvalue weighted by Gasteiger charge is 2.32. The lowest BCUT2D eigenvalue weighted by Crippen LogP contribution is -2.47. The number of aliphatic hydroxyl groups is 5. The molecule has 0 fully saturated rings. The van der Waals surface area contributed by atoms with Crippen LogP contribution in [0.15, 0.2) is 11.6 Å². The lowest BCUT2D eigenvalue weighted by atomic mass is 9.94. The van der Waals surface area contributed by atoms with Gasteiger partial charge in [0.15, 0.2) is 0 Å². The van der Waals surface area contributed by atoms with Crippen LogP contribution < -0.4 is 4.74 Å². The average molecular weight is 484 g/mol. The van der Waals surface area contributed by atoms with Crippen molar-refractivity contribution in [2.24, 2.45) is 0 Å². The second-order valence-electron chi connectivity index (χ2n) is 8.15. The minimum atomic E-state index is -1.81. The molecule has 0 saturated heterocycles. The van der Waals surface area contributed by atoms with Gasteiger partial charge >= 0.3 is 11.9 Å². The molecular formula is C23H32O11. The van der Waals surface area contributed by atoms with Crippen molar-refractivity contribution in [2.45, 2.75) is 64.1 Å². The fourth-order valence-electron chi connectivity index (χ4n) is 3.62. The second-order valence-corrected chi connectivity index (χ2v) is 8.15. The highest BCUT2D eigenvalue weighted by Crippen LogP contribution is 2.42. The van der Waals surface area contributed by atoms with Gasteiger partial charge in [-0.3, -0.25) is 4.79 Å². The Labute approximate surface area is 196 Å². The number of hydrogen-bond donors (Lipinski definition) is 6. The van der Waals surface area contributed by atoms with Crippen molar-refractivity contribution in [1.82, 2.24) is 0 Å². The summed E-state index contributed by atoms with van der Waals surface area (Å²) in [6.07, 6.45) is -4.62. The third-order valence-electron chi connectivity index (χ3n) is 5.77. The predicted octanol–water partition coefficient (Wildman–Crippen LogP) is -0.372. The maximum Gasteiger partial charge on any atom is 0.342 e. The van der Waals surface area contributed by atoms with Crippen LogP contribution >= 0.6 is 0 Å². The molecule has 0 aliphatic carbocycles. The average Bonchev–Trinajstić information content (AvgIpc) is 3.22. The normalized spacial score (nSPS) is 16.9. The fraction of sp³-hybridized carbons (Fsp3) is 0.565. The number of phenols is 1. The van der Waals surface area contributed by atoms with E-state index in [4.69, 9.17) is 19.3 Å². The number of esters is 2. The zero-order valence-electron chi connectivity index (χ0n) is 19.4. The maximum atomic E-state index is 12.0. The highest BCUT2D eigenvalue weighted by molar-refractivity contribution is 5.98. The van der Waals surface area contributed by atoms with Gasteiger partial charge < -0.3 is 44.8 Å². The van der Waals surface area contributed by atoms with E-state index < -0.39 is 49.6 Å². The SMILES string of the molecule is COc1c(C)c2c(c(O)c1C/C=C(\C)CCC(=O)OC[C@@H](O)[C@@H](O)[C@H](O)[C@@H](O)CO)C(=O)OC2. The number of allylic oxidation sites excluding steroid dienone is 2. The number of hydrogen-bond acceptors (Lipinski definition) is 11. The van der Waals surface area contributed by atoms with E-state index in [2.05, 4.69) is 0 Å². The first-order valence-corrected chi connectivity index (χ1v) is 10.8. The van der Waals surface area contributed by atoms with Crippen molar-refractivity contribution in [1.29, 1.82) is 0 Å². The molecule has 1 heterocycles. The molecule has 11 nitrogen and oxygen atoms in total. The first-order valence-electron chi connectivity index (χ1n) is 10.8. The van der Waals surface area contributed by atoms with Gasteiger partial charge in [0.25, 0.3) is 0 Å². The number of phenolic OH excluding ortho intramolecular Hbond substituents is 1. The van der Waals surface area contributed by atoms with Gasteiger partial charge in [-0.15, -0.1) is 0 Å². The van der Waals surface area contributed by atoms with E-state index in [1.807, 2.05) is 0 Å². The Morgan fingerprint density at radius 1 is 1.15 bits per heavy atom. The van der Waals surface area contributed by atoms with Gasteiger partial charge in [0, 0.05) is 17.5 Å². The molecule has 0 bridgehead atoms. The number of rotatable bonds is 12. The molecular weight excluding hydrogens is 452 g/mol. The van der Waals surface area contributed by atoms with E-state index in [9.17, 15) is 35.1 Å². The van der Waals surface area contributed by atoms with Crippen LogP contribution in [0.1, 0.15) is 46.8 Å². The van der Waals surface area contributed by atoms with Gasteiger partial charge in [0.05, 0.1) is 13.7 Å². The highest BCUT2D eigenvalue weighted by atomic mass is 16.5. The van der Waals surface area contributed by atoms with E-state index in [0.29, 0.717) is 28.9 Å². The fourth-order valence-corrected chi connectivity index (χ4v) is 3.62. The smallest absolute Gasteiger partial charge is 0.342 e. The second kappa shape index (κ2) is 12.1. The third-order valence-corrected chi connectivity index (χ3v) is 5.77. The van der Waals surface area contributed by atoms with Crippen molar-refractivity contribution >= 4 is 11.9 Å². The number of carbonyl (C=O) groups is 2. The monoisotopic (exact) mass is 484 g/mol. The lowest BCUT2D eigenvalue weighted by Gasteiger charge is -2.25. The summed E-state index contributed by atoms with van der Waals surface area (Å²) in [5.41, 5.74) is 2.67. The standard InChI is InChI=1S/C23H32O11/c1-11(5-7-17(27)33-10-16(26)21(30)20(29)15(25)8-24)4-6-13-19(28)18-14(9-34-23(18)31)12(2)22(13)32-3/h4,15-16,20-21,24-26,28-30H,5-10H2,1-3H3/b11-4+/t15-,16+,20+,21+/m0/s1. The number of methoxy groups -OCH3 is 1. The molecule has 11 heteroatoms. The quantitative estimate of drug-likeness (QED) is 0.168. The molecule has 0 unspecified atom stereocenters. The van der Waals surface area contributed by atoms with Gasteiger partial charge in [-0.05, 0) is 32.3 Å². The minimum absolute atomic E-state index is 0.0361. The predicted molar refractivity (Wildman–Crippen MR) is 117 cm³/mol. The van der Waals surface area contributed by atoms with Gasteiger partial charge in [0.2, 0.25) is 0 Å². The summed E-state index contributed by atoms with van der Waals surface area (Å²) in [6.45, 7) is 2.22. The molecule has 6 N–H and O–H groups in total. The Bertz CT molecular complexity index is 924. The molecule has 0 aromatic heterocycles. The molecule has 0 radical (unpaired) electrons. The van der Waals surface area contributed by atoms with Crippen LogP contribution in [0.25, 0.3) is 0 Å². The molecule has 0 amide bonds. The molecule has 34 heavy (non-hydrogen) atoms. The Balaban J connectivity index is 1.93. The topological polar surface area (TPSA) is 183 Å². The van der Waals surface area contributed by atoms with Crippen molar-refractivity contribution in [3.63, 3.8) is 0 Å². The zero-order chi connectivity index (χ0) is 25.6. The summed E-state index contributed by atoms with van der Waals surface area (Å²) in [4.78, 5) is 23.9.